The van der Waals surface area contributed by atoms with Crippen LogP contribution in [0.1, 0.15) is 41.9 Å². The molecule has 0 saturated carbocycles. The Morgan fingerprint density at radius 2 is 1.43 bits per heavy atom. The minimum Gasteiger partial charge on any atom is -0.557 e. The number of pyridine rings is 1. The average Bonchev–Trinajstić information content (AvgIpc) is 3.82. The van der Waals surface area contributed by atoms with Gasteiger partial charge in [-0.1, -0.05) is 127 Å². The van der Waals surface area contributed by atoms with Crippen molar-refractivity contribution in [1.29, 1.82) is 0 Å². The van der Waals surface area contributed by atoms with E-state index in [1.807, 2.05) is 68.4 Å². The molecule has 9 aromatic rings. The molecule has 0 amide bonds. The average molecular weight is 882 g/mol. The van der Waals surface area contributed by atoms with Crippen LogP contribution in [-0.4, -0.2) is 14.5 Å². The number of aromatic nitrogens is 3. The molecule has 0 spiro atoms. The van der Waals surface area contributed by atoms with E-state index in [0.717, 1.165) is 72.6 Å². The Labute approximate surface area is 336 Å². The summed E-state index contributed by atoms with van der Waals surface area (Å²) < 4.78 is 38.5. The van der Waals surface area contributed by atoms with E-state index in [2.05, 4.69) is 108 Å². The second-order valence-electron chi connectivity index (χ2n) is 13.2. The quantitative estimate of drug-likeness (QED) is 0.156. The van der Waals surface area contributed by atoms with Crippen LogP contribution in [0.15, 0.2) is 162 Å². The van der Waals surface area contributed by atoms with Crippen LogP contribution in [0.25, 0.3) is 72.6 Å². The second kappa shape index (κ2) is 16.0. The van der Waals surface area contributed by atoms with E-state index in [1.165, 1.54) is 11.8 Å². The van der Waals surface area contributed by atoms with Crippen LogP contribution < -0.4 is 0 Å². The third-order valence-corrected chi connectivity index (χ3v) is 9.27. The molecule has 9 rings (SSSR count). The largest absolute Gasteiger partial charge is 0.557 e. The van der Waals surface area contributed by atoms with Crippen molar-refractivity contribution >= 4 is 22.0 Å². The number of furan rings is 1. The molecule has 0 bridgehead atoms. The molecule has 0 saturated heterocycles. The minimum atomic E-state index is -2.09. The number of aryl methyl sites for hydroxylation is 2. The summed E-state index contributed by atoms with van der Waals surface area (Å²) in [5.74, 6) is 0.0341. The van der Waals surface area contributed by atoms with E-state index >= 15 is 0 Å². The van der Waals surface area contributed by atoms with E-state index < -0.39 is 12.7 Å². The maximum atomic E-state index is 8.50. The molecule has 0 atom stereocenters. The van der Waals surface area contributed by atoms with Crippen molar-refractivity contribution in [2.45, 2.75) is 33.5 Å². The van der Waals surface area contributed by atoms with Crippen LogP contribution in [0.4, 0.5) is 0 Å². The predicted molar refractivity (Wildman–Crippen MR) is 218 cm³/mol. The molecule has 0 aliphatic heterocycles. The summed E-state index contributed by atoms with van der Waals surface area (Å²) in [4.78, 5) is 9.30. The molecule has 0 aliphatic rings. The first-order valence-electron chi connectivity index (χ1n) is 19.6. The van der Waals surface area contributed by atoms with Gasteiger partial charge in [0.1, 0.15) is 0 Å². The van der Waals surface area contributed by atoms with E-state index in [1.54, 1.807) is 18.2 Å². The van der Waals surface area contributed by atoms with Gasteiger partial charge in [0.15, 0.2) is 0 Å². The van der Waals surface area contributed by atoms with Gasteiger partial charge in [0.05, 0.1) is 22.5 Å². The van der Waals surface area contributed by atoms with Crippen molar-refractivity contribution in [3.05, 3.63) is 187 Å². The molecule has 54 heavy (non-hydrogen) atoms. The smallest absolute Gasteiger partial charge is 0.0774 e. The molecule has 0 fully saturated rings. The third-order valence-electron chi connectivity index (χ3n) is 9.27. The Balaban J connectivity index is 0.000000254. The Kier molecular flexibility index (Phi) is 9.38. The van der Waals surface area contributed by atoms with Gasteiger partial charge in [-0.25, -0.2) is 0 Å². The number of fused-ring (bicyclic) bond motifs is 2. The zero-order chi connectivity index (χ0) is 39.7. The van der Waals surface area contributed by atoms with Crippen molar-refractivity contribution in [2.75, 3.05) is 0 Å². The van der Waals surface area contributed by atoms with Gasteiger partial charge in [-0.15, -0.1) is 42.0 Å². The van der Waals surface area contributed by atoms with E-state index in [9.17, 15) is 0 Å². The molecule has 6 aromatic carbocycles. The Hall–Kier alpha value is -5.87. The fourth-order valence-electron chi connectivity index (χ4n) is 6.67. The number of para-hydroxylation sites is 2. The van der Waals surface area contributed by atoms with E-state index in [0.29, 0.717) is 5.58 Å². The Morgan fingerprint density at radius 1 is 0.741 bits per heavy atom. The van der Waals surface area contributed by atoms with Crippen molar-refractivity contribution in [2.24, 2.45) is 0 Å². The van der Waals surface area contributed by atoms with Crippen LogP contribution in [0, 0.1) is 26.1 Å². The summed E-state index contributed by atoms with van der Waals surface area (Å²) in [5, 5.41) is 0.921. The first kappa shape index (κ1) is 31.6. The van der Waals surface area contributed by atoms with Crippen molar-refractivity contribution in [1.82, 2.24) is 14.5 Å². The van der Waals surface area contributed by atoms with Gasteiger partial charge >= 0.3 is 0 Å². The Morgan fingerprint density at radius 3 is 2.06 bits per heavy atom. The number of hydrogen-bond acceptors (Lipinski definition) is 3. The fraction of sp³-hybridized carbons (Fsp3) is 0.102. The summed E-state index contributed by atoms with van der Waals surface area (Å²) in [7, 11) is 0. The van der Waals surface area contributed by atoms with Crippen LogP contribution in [0.5, 0.6) is 0 Å². The van der Waals surface area contributed by atoms with Gasteiger partial charge in [-0.3, -0.25) is 4.98 Å². The molecular weight excluding hydrogens is 839 g/mol. The molecule has 3 heterocycles. The van der Waals surface area contributed by atoms with E-state index in [4.69, 9.17) is 14.9 Å². The van der Waals surface area contributed by atoms with Gasteiger partial charge in [0.25, 0.3) is 0 Å². The summed E-state index contributed by atoms with van der Waals surface area (Å²) in [5.41, 5.74) is 12.9. The molecular formula is C49H39IrN3O-2. The molecule has 0 N–H and O–H groups in total. The maximum Gasteiger partial charge on any atom is 0.0774 e. The monoisotopic (exact) mass is 882 g/mol. The van der Waals surface area contributed by atoms with Crippen molar-refractivity contribution in [3.8, 4) is 50.6 Å². The van der Waals surface area contributed by atoms with Crippen LogP contribution in [0.3, 0.4) is 0 Å². The molecule has 1 radical (unpaired) electrons. The minimum absolute atomic E-state index is 0. The summed E-state index contributed by atoms with van der Waals surface area (Å²) >= 11 is 0. The predicted octanol–water partition coefficient (Wildman–Crippen LogP) is 12.9. The number of nitrogens with zero attached hydrogens (tertiary/aromatic N) is 3. The van der Waals surface area contributed by atoms with Gasteiger partial charge in [-0.05, 0) is 71.9 Å². The molecule has 0 aliphatic carbocycles. The third kappa shape index (κ3) is 7.34. The van der Waals surface area contributed by atoms with Crippen molar-refractivity contribution < 1.29 is 30.0 Å². The zero-order valence-corrected chi connectivity index (χ0v) is 32.5. The first-order valence-corrected chi connectivity index (χ1v) is 17.6. The molecule has 4 nitrogen and oxygen atoms in total. The van der Waals surface area contributed by atoms with Gasteiger partial charge in [0.2, 0.25) is 0 Å². The van der Waals surface area contributed by atoms with Crippen LogP contribution >= 0.6 is 0 Å². The van der Waals surface area contributed by atoms with Gasteiger partial charge in [0, 0.05) is 54.8 Å². The normalized spacial score (nSPS) is 12.5. The number of rotatable bonds is 6. The second-order valence-corrected chi connectivity index (χ2v) is 13.2. The molecule has 267 valence electrons. The topological polar surface area (TPSA) is 43.9 Å². The molecule has 5 heteroatoms. The summed E-state index contributed by atoms with van der Waals surface area (Å²) in [6, 6.07) is 53.6. The molecule has 0 unspecified atom stereocenters. The SMILES string of the molecule is [2H]C(C)(C)c1ccc2c(-c3nc4ccccc4n3-c3c(-c4ccccc4)cc(C)cc3-c3ccccc3)[c-]oc2c1.[2H]C([2H])([2H])c1ccc(-c2[c-]cccc2)nc1.[Ir]. The van der Waals surface area contributed by atoms with Gasteiger partial charge in [-0.2, -0.15) is 0 Å². The first-order chi connectivity index (χ1) is 27.5. The summed E-state index contributed by atoms with van der Waals surface area (Å²) in [6.07, 6.45) is 4.58. The number of hydrogen-bond donors (Lipinski definition) is 0. The van der Waals surface area contributed by atoms with Crippen LogP contribution in [-0.2, 0) is 20.1 Å². The standard InChI is InChI=1S/C37H29N2O.C12H10N.Ir/c1-24(2)28-18-19-29-32(23-40-35(29)22-28)37-38-33-16-10-11-17-34(33)39(37)36-30(26-12-6-4-7-13-26)20-25(3)21-31(36)27-14-8-5-9-15-27;1-10-7-8-12(13-9-10)11-5-3-2-4-6-11;/h4-22,24H,1-3H3;2-5,7-9H,1H3;/q2*-1;/i24D;1D3;. The van der Waals surface area contributed by atoms with Crippen LogP contribution in [0.2, 0.25) is 0 Å². The summed E-state index contributed by atoms with van der Waals surface area (Å²) in [6.45, 7) is 3.83. The maximum absolute atomic E-state index is 8.50. The van der Waals surface area contributed by atoms with Gasteiger partial charge < -0.3 is 14.0 Å². The van der Waals surface area contributed by atoms with E-state index in [-0.39, 0.29) is 25.7 Å². The number of benzene rings is 6. The fourth-order valence-corrected chi connectivity index (χ4v) is 6.67. The zero-order valence-electron chi connectivity index (χ0n) is 34.1. The molecule has 3 aromatic heterocycles. The Bertz CT molecular complexity index is 2750. The number of imidazole rings is 1. The van der Waals surface area contributed by atoms with Crippen molar-refractivity contribution in [3.63, 3.8) is 0 Å².